The second kappa shape index (κ2) is 6.53. The van der Waals surface area contributed by atoms with Gasteiger partial charge < -0.3 is 10.0 Å². The number of benzene rings is 1. The monoisotopic (exact) mass is 275 g/mol. The SMILES string of the molecule is CC1CCCN1C(=O)c1cc(C#CCCO)ccc1F. The molecule has 4 heteroatoms. The molecule has 1 unspecified atom stereocenters. The molecule has 3 nitrogen and oxygen atoms in total. The summed E-state index contributed by atoms with van der Waals surface area (Å²) in [5, 5.41) is 8.68. The molecule has 1 saturated heterocycles. The second-order valence-electron chi connectivity index (χ2n) is 4.96. The van der Waals surface area contributed by atoms with E-state index in [9.17, 15) is 9.18 Å². The molecule has 106 valence electrons. The Labute approximate surface area is 118 Å². The number of carbonyl (C=O) groups is 1. The number of halogens is 1. The number of amides is 1. The Hall–Kier alpha value is -1.86. The van der Waals surface area contributed by atoms with Crippen LogP contribution in [0.25, 0.3) is 0 Å². The Balaban J connectivity index is 2.24. The summed E-state index contributed by atoms with van der Waals surface area (Å²) in [4.78, 5) is 14.1. The maximum atomic E-state index is 13.9. The van der Waals surface area contributed by atoms with Crippen LogP contribution in [-0.2, 0) is 0 Å². The van der Waals surface area contributed by atoms with Crippen molar-refractivity contribution in [2.75, 3.05) is 13.2 Å². The molecule has 20 heavy (non-hydrogen) atoms. The van der Waals surface area contributed by atoms with Crippen molar-refractivity contribution in [1.82, 2.24) is 4.90 Å². The summed E-state index contributed by atoms with van der Waals surface area (Å²) < 4.78 is 13.9. The summed E-state index contributed by atoms with van der Waals surface area (Å²) >= 11 is 0. The Morgan fingerprint density at radius 1 is 1.55 bits per heavy atom. The van der Waals surface area contributed by atoms with Crippen LogP contribution in [0.2, 0.25) is 0 Å². The van der Waals surface area contributed by atoms with E-state index in [1.54, 1.807) is 11.0 Å². The first-order valence-electron chi connectivity index (χ1n) is 6.83. The minimum absolute atomic E-state index is 0.00866. The van der Waals surface area contributed by atoms with Gasteiger partial charge in [0.05, 0.1) is 12.2 Å². The summed E-state index contributed by atoms with van der Waals surface area (Å²) in [5.41, 5.74) is 0.671. The maximum absolute atomic E-state index is 13.9. The topological polar surface area (TPSA) is 40.5 Å². The zero-order chi connectivity index (χ0) is 14.5. The van der Waals surface area contributed by atoms with E-state index in [-0.39, 0.29) is 24.1 Å². The summed E-state index contributed by atoms with van der Waals surface area (Å²) in [6.07, 6.45) is 2.29. The summed E-state index contributed by atoms with van der Waals surface area (Å²) in [6, 6.07) is 4.47. The minimum Gasteiger partial charge on any atom is -0.395 e. The van der Waals surface area contributed by atoms with Gasteiger partial charge in [-0.05, 0) is 38.0 Å². The van der Waals surface area contributed by atoms with Crippen molar-refractivity contribution in [2.24, 2.45) is 0 Å². The molecule has 0 bridgehead atoms. The summed E-state index contributed by atoms with van der Waals surface area (Å²) in [7, 11) is 0. The smallest absolute Gasteiger partial charge is 0.257 e. The van der Waals surface area contributed by atoms with Crippen LogP contribution in [-0.4, -0.2) is 35.1 Å². The third kappa shape index (κ3) is 3.17. The van der Waals surface area contributed by atoms with Crippen LogP contribution < -0.4 is 0 Å². The third-order valence-electron chi connectivity index (χ3n) is 3.48. The molecular formula is C16H18FNO2. The number of hydrogen-bond donors (Lipinski definition) is 1. The quantitative estimate of drug-likeness (QED) is 0.840. The zero-order valence-electron chi connectivity index (χ0n) is 11.5. The van der Waals surface area contributed by atoms with Gasteiger partial charge in [0.2, 0.25) is 0 Å². The fraction of sp³-hybridized carbons (Fsp3) is 0.438. The van der Waals surface area contributed by atoms with Crippen molar-refractivity contribution in [1.29, 1.82) is 0 Å². The van der Waals surface area contributed by atoms with E-state index in [2.05, 4.69) is 11.8 Å². The van der Waals surface area contributed by atoms with Gasteiger partial charge in [-0.15, -0.1) is 0 Å². The molecule has 0 saturated carbocycles. The van der Waals surface area contributed by atoms with E-state index in [1.165, 1.54) is 12.1 Å². The van der Waals surface area contributed by atoms with E-state index in [1.807, 2.05) is 6.92 Å². The lowest BCUT2D eigenvalue weighted by molar-refractivity contribution is 0.0742. The van der Waals surface area contributed by atoms with Crippen LogP contribution in [0.3, 0.4) is 0 Å². The highest BCUT2D eigenvalue weighted by Crippen LogP contribution is 2.21. The lowest BCUT2D eigenvalue weighted by Crippen LogP contribution is -2.34. The van der Waals surface area contributed by atoms with Crippen molar-refractivity contribution < 1.29 is 14.3 Å². The van der Waals surface area contributed by atoms with Crippen LogP contribution >= 0.6 is 0 Å². The first-order valence-corrected chi connectivity index (χ1v) is 6.83. The van der Waals surface area contributed by atoms with E-state index < -0.39 is 5.82 Å². The van der Waals surface area contributed by atoms with Gasteiger partial charge in [0, 0.05) is 24.6 Å². The Morgan fingerprint density at radius 3 is 3.00 bits per heavy atom. The van der Waals surface area contributed by atoms with E-state index in [0.29, 0.717) is 18.5 Å². The molecule has 0 aromatic heterocycles. The molecule has 1 aliphatic heterocycles. The average Bonchev–Trinajstić information content (AvgIpc) is 2.86. The van der Waals surface area contributed by atoms with Crippen LogP contribution in [0.15, 0.2) is 18.2 Å². The maximum Gasteiger partial charge on any atom is 0.257 e. The zero-order valence-corrected chi connectivity index (χ0v) is 11.5. The van der Waals surface area contributed by atoms with Crippen molar-refractivity contribution in [3.63, 3.8) is 0 Å². The molecule has 1 N–H and O–H groups in total. The predicted molar refractivity (Wildman–Crippen MR) is 74.7 cm³/mol. The van der Waals surface area contributed by atoms with Gasteiger partial charge in [-0.2, -0.15) is 0 Å². The lowest BCUT2D eigenvalue weighted by Gasteiger charge is -2.21. The Bertz CT molecular complexity index is 559. The van der Waals surface area contributed by atoms with Gasteiger partial charge in [0.25, 0.3) is 5.91 Å². The molecule has 1 atom stereocenters. The standard InChI is InChI=1S/C16H18FNO2/c1-12-5-4-9-18(12)16(20)14-11-13(6-2-3-10-19)7-8-15(14)17/h7-8,11-12,19H,3-5,9-10H2,1H3. The van der Waals surface area contributed by atoms with E-state index >= 15 is 0 Å². The van der Waals surface area contributed by atoms with E-state index in [0.717, 1.165) is 12.8 Å². The Morgan fingerprint density at radius 2 is 2.35 bits per heavy atom. The van der Waals surface area contributed by atoms with Crippen LogP contribution in [0, 0.1) is 17.7 Å². The van der Waals surface area contributed by atoms with Crippen LogP contribution in [0.1, 0.15) is 42.1 Å². The van der Waals surface area contributed by atoms with Gasteiger partial charge in [-0.25, -0.2) is 4.39 Å². The highest BCUT2D eigenvalue weighted by atomic mass is 19.1. The number of hydrogen-bond acceptors (Lipinski definition) is 2. The molecule has 2 rings (SSSR count). The molecule has 1 aromatic carbocycles. The van der Waals surface area contributed by atoms with Crippen LogP contribution in [0.5, 0.6) is 0 Å². The Kier molecular flexibility index (Phi) is 4.75. The number of nitrogens with zero attached hydrogens (tertiary/aromatic N) is 1. The molecule has 0 aliphatic carbocycles. The van der Waals surface area contributed by atoms with Crippen molar-refractivity contribution in [3.8, 4) is 11.8 Å². The molecule has 0 radical (unpaired) electrons. The molecule has 1 aromatic rings. The summed E-state index contributed by atoms with van der Waals surface area (Å²) in [6.45, 7) is 2.65. The van der Waals surface area contributed by atoms with Gasteiger partial charge in [0.15, 0.2) is 0 Å². The molecule has 1 aliphatic rings. The molecule has 1 fully saturated rings. The molecule has 1 amide bonds. The first kappa shape index (κ1) is 14.5. The number of aliphatic hydroxyl groups excluding tert-OH is 1. The van der Waals surface area contributed by atoms with Crippen molar-refractivity contribution in [2.45, 2.75) is 32.2 Å². The lowest BCUT2D eigenvalue weighted by atomic mass is 10.1. The number of carbonyl (C=O) groups excluding carboxylic acids is 1. The number of likely N-dealkylation sites (tertiary alicyclic amines) is 1. The second-order valence-corrected chi connectivity index (χ2v) is 4.96. The van der Waals surface area contributed by atoms with Crippen molar-refractivity contribution in [3.05, 3.63) is 35.1 Å². The predicted octanol–water partition coefficient (Wildman–Crippen LogP) is 2.18. The van der Waals surface area contributed by atoms with Crippen molar-refractivity contribution >= 4 is 5.91 Å². The highest BCUT2D eigenvalue weighted by molar-refractivity contribution is 5.95. The number of rotatable bonds is 2. The normalized spacial score (nSPS) is 17.8. The fourth-order valence-corrected chi connectivity index (χ4v) is 2.38. The van der Waals surface area contributed by atoms with E-state index in [4.69, 9.17) is 5.11 Å². The van der Waals surface area contributed by atoms with Gasteiger partial charge in [-0.1, -0.05) is 11.8 Å². The highest BCUT2D eigenvalue weighted by Gasteiger charge is 2.27. The molecular weight excluding hydrogens is 257 g/mol. The molecule has 1 heterocycles. The van der Waals surface area contributed by atoms with Gasteiger partial charge in [0.1, 0.15) is 5.82 Å². The molecule has 0 spiro atoms. The third-order valence-corrected chi connectivity index (χ3v) is 3.48. The average molecular weight is 275 g/mol. The first-order chi connectivity index (χ1) is 9.63. The summed E-state index contributed by atoms with van der Waals surface area (Å²) in [5.74, 6) is 4.81. The van der Waals surface area contributed by atoms with Crippen LogP contribution in [0.4, 0.5) is 4.39 Å². The van der Waals surface area contributed by atoms with Gasteiger partial charge >= 0.3 is 0 Å². The minimum atomic E-state index is -0.512. The largest absolute Gasteiger partial charge is 0.395 e. The number of aliphatic hydroxyl groups is 1. The fourth-order valence-electron chi connectivity index (χ4n) is 2.38. The van der Waals surface area contributed by atoms with Gasteiger partial charge in [-0.3, -0.25) is 4.79 Å².